The maximum absolute atomic E-state index is 12.9. The maximum Gasteiger partial charge on any atom is 0.276 e. The van der Waals surface area contributed by atoms with Crippen LogP contribution < -0.4 is 10.7 Å². The number of nitrogens with one attached hydrogen (secondary N) is 1. The summed E-state index contributed by atoms with van der Waals surface area (Å²) >= 11 is 5.73. The highest BCUT2D eigenvalue weighted by Gasteiger charge is 2.41. The average Bonchev–Trinajstić information content (AvgIpc) is 2.77. The summed E-state index contributed by atoms with van der Waals surface area (Å²) in [6, 6.07) is 3.22. The zero-order valence-electron chi connectivity index (χ0n) is 17.6. The van der Waals surface area contributed by atoms with Crippen molar-refractivity contribution in [1.82, 2.24) is 19.8 Å². The third-order valence-electron chi connectivity index (χ3n) is 5.16. The van der Waals surface area contributed by atoms with E-state index in [-0.39, 0.29) is 30.4 Å². The van der Waals surface area contributed by atoms with Gasteiger partial charge in [0.25, 0.3) is 11.8 Å². The molecule has 2 aromatic heterocycles. The lowest BCUT2D eigenvalue weighted by atomic mass is 10.1. The largest absolute Gasteiger partial charge is 0.503 e. The summed E-state index contributed by atoms with van der Waals surface area (Å²) in [5.74, 6) is -1.88. The predicted molar refractivity (Wildman–Crippen MR) is 114 cm³/mol. The van der Waals surface area contributed by atoms with Crippen molar-refractivity contribution in [3.05, 3.63) is 56.7 Å². The van der Waals surface area contributed by atoms with E-state index in [0.717, 1.165) is 0 Å². The van der Waals surface area contributed by atoms with Crippen LogP contribution in [-0.4, -0.2) is 50.2 Å². The van der Waals surface area contributed by atoms with Gasteiger partial charge in [0.05, 0.1) is 13.2 Å². The van der Waals surface area contributed by atoms with Gasteiger partial charge in [-0.25, -0.2) is 4.98 Å². The third-order valence-corrected chi connectivity index (χ3v) is 5.39. The van der Waals surface area contributed by atoms with Crippen molar-refractivity contribution in [3.8, 4) is 5.75 Å². The van der Waals surface area contributed by atoms with Gasteiger partial charge in [0.15, 0.2) is 17.7 Å². The van der Waals surface area contributed by atoms with Gasteiger partial charge >= 0.3 is 0 Å². The van der Waals surface area contributed by atoms with E-state index in [0.29, 0.717) is 23.7 Å². The van der Waals surface area contributed by atoms with Gasteiger partial charge in [0.1, 0.15) is 10.7 Å². The molecule has 4 rings (SSSR count). The van der Waals surface area contributed by atoms with Crippen LogP contribution in [0.3, 0.4) is 0 Å². The number of aromatic nitrogens is 2. The first-order chi connectivity index (χ1) is 14.9. The minimum Gasteiger partial charge on any atom is -0.503 e. The van der Waals surface area contributed by atoms with Crippen LogP contribution in [0.2, 0.25) is 5.15 Å². The minimum absolute atomic E-state index is 0.0690. The zero-order valence-corrected chi connectivity index (χ0v) is 18.3. The topological polar surface area (TPSA) is 114 Å². The van der Waals surface area contributed by atoms with Gasteiger partial charge in [-0.2, -0.15) is 0 Å². The molecule has 2 atom stereocenters. The van der Waals surface area contributed by atoms with Gasteiger partial charge < -0.3 is 24.6 Å². The number of aromatic hydroxyl groups is 1. The van der Waals surface area contributed by atoms with Crippen LogP contribution in [0.25, 0.3) is 0 Å². The van der Waals surface area contributed by atoms with Crippen LogP contribution in [0.5, 0.6) is 5.75 Å². The smallest absolute Gasteiger partial charge is 0.276 e. The quantitative estimate of drug-likeness (QED) is 0.695. The molecule has 9 nitrogen and oxygen atoms in total. The van der Waals surface area contributed by atoms with Gasteiger partial charge in [-0.1, -0.05) is 31.5 Å². The highest BCUT2D eigenvalue weighted by Crippen LogP contribution is 2.29. The number of nitrogens with zero attached hydrogens (tertiary/aromatic N) is 3. The predicted octanol–water partition coefficient (Wildman–Crippen LogP) is 2.15. The number of ether oxygens (including phenoxy) is 1. The van der Waals surface area contributed by atoms with Gasteiger partial charge in [0.2, 0.25) is 5.43 Å². The molecule has 0 bridgehead atoms. The molecule has 10 heteroatoms. The number of carbonyl (C=O) groups is 2. The normalized spacial score (nSPS) is 19.6. The molecule has 2 aliphatic rings. The van der Waals surface area contributed by atoms with Crippen LogP contribution in [0.4, 0.5) is 0 Å². The Bertz CT molecular complexity index is 1040. The fraction of sp³-hybridized carbons (Fsp3) is 0.429. The Morgan fingerprint density at radius 1 is 1.35 bits per heavy atom. The summed E-state index contributed by atoms with van der Waals surface area (Å²) in [7, 11) is 0. The molecule has 1 fully saturated rings. The van der Waals surface area contributed by atoms with E-state index in [2.05, 4.69) is 10.3 Å². The third kappa shape index (κ3) is 4.42. The summed E-state index contributed by atoms with van der Waals surface area (Å²) < 4.78 is 7.08. The van der Waals surface area contributed by atoms with E-state index in [4.69, 9.17) is 16.3 Å². The molecule has 0 radical (unpaired) electrons. The molecule has 1 unspecified atom stereocenters. The molecule has 2 N–H and O–H groups in total. The summed E-state index contributed by atoms with van der Waals surface area (Å²) in [5, 5.41) is 13.4. The van der Waals surface area contributed by atoms with E-state index in [1.54, 1.807) is 12.1 Å². The van der Waals surface area contributed by atoms with Crippen molar-refractivity contribution in [3.63, 3.8) is 0 Å². The highest BCUT2D eigenvalue weighted by atomic mass is 35.5. The lowest BCUT2D eigenvalue weighted by molar-refractivity contribution is -0.112. The van der Waals surface area contributed by atoms with E-state index in [1.165, 1.54) is 21.9 Å². The van der Waals surface area contributed by atoms with Gasteiger partial charge in [-0.15, -0.1) is 0 Å². The molecule has 166 valence electrons. The summed E-state index contributed by atoms with van der Waals surface area (Å²) in [4.78, 5) is 43.4. The Morgan fingerprint density at radius 2 is 2.10 bits per heavy atom. The second-order valence-electron chi connectivity index (χ2n) is 7.07. The van der Waals surface area contributed by atoms with Crippen molar-refractivity contribution in [2.24, 2.45) is 0 Å². The monoisotopic (exact) mass is 448 g/mol. The molecule has 0 aliphatic carbocycles. The first-order valence-corrected chi connectivity index (χ1v) is 10.5. The van der Waals surface area contributed by atoms with Crippen molar-refractivity contribution in [2.75, 3.05) is 6.61 Å². The molecule has 1 saturated heterocycles. The number of amides is 2. The van der Waals surface area contributed by atoms with Crippen LogP contribution in [-0.2, 0) is 17.8 Å². The molecule has 0 spiro atoms. The fourth-order valence-electron chi connectivity index (χ4n) is 3.61. The highest BCUT2D eigenvalue weighted by molar-refractivity contribution is 6.29. The van der Waals surface area contributed by atoms with Gasteiger partial charge in [-0.3, -0.25) is 14.4 Å². The standard InChI is InChI=1S/C19H19ClN4O5.C2H6/c1-10-4-5-29-14-9-23-8-12(16(25)17(26)15(23)19(28)24(10)14)18(27)22-7-11-2-3-13(20)21-6-11;1-2/h2-3,6,8,10,14,26H,4-5,7,9H2,1H3,(H,22,27);1-2H3/t10-,14?;/m1./s1. The molecule has 2 amide bonds. The SMILES string of the molecule is CC.C[C@@H]1CCOC2Cn3cc(C(=O)NCc4ccc(Cl)nc4)c(=O)c(O)c3C(=O)N21. The Hall–Kier alpha value is -2.91. The number of hydrogen-bond donors (Lipinski definition) is 2. The zero-order chi connectivity index (χ0) is 22.7. The van der Waals surface area contributed by atoms with Crippen LogP contribution in [0.15, 0.2) is 29.3 Å². The van der Waals surface area contributed by atoms with E-state index in [9.17, 15) is 19.5 Å². The van der Waals surface area contributed by atoms with E-state index >= 15 is 0 Å². The first-order valence-electron chi connectivity index (χ1n) is 10.2. The van der Waals surface area contributed by atoms with Crippen molar-refractivity contribution >= 4 is 23.4 Å². The Morgan fingerprint density at radius 3 is 2.77 bits per heavy atom. The van der Waals surface area contributed by atoms with Crippen LogP contribution in [0.1, 0.15) is 53.6 Å². The maximum atomic E-state index is 12.9. The Labute approximate surface area is 184 Å². The summed E-state index contributed by atoms with van der Waals surface area (Å²) in [6.07, 6.45) is 2.98. The van der Waals surface area contributed by atoms with Crippen molar-refractivity contribution in [2.45, 2.75) is 52.6 Å². The molecule has 0 aromatic carbocycles. The summed E-state index contributed by atoms with van der Waals surface area (Å²) in [6.45, 7) is 6.76. The van der Waals surface area contributed by atoms with E-state index < -0.39 is 29.2 Å². The van der Waals surface area contributed by atoms with Crippen LogP contribution >= 0.6 is 11.6 Å². The molecule has 4 heterocycles. The molecular formula is C21H25ClN4O5. The molecule has 0 saturated carbocycles. The second-order valence-corrected chi connectivity index (χ2v) is 7.46. The molecule has 2 aliphatic heterocycles. The number of carbonyl (C=O) groups excluding carboxylic acids is 2. The van der Waals surface area contributed by atoms with Crippen molar-refractivity contribution in [1.29, 1.82) is 0 Å². The Kier molecular flexibility index (Phi) is 6.97. The number of pyridine rings is 2. The first kappa shape index (κ1) is 22.8. The fourth-order valence-corrected chi connectivity index (χ4v) is 3.72. The second kappa shape index (κ2) is 9.49. The molecular weight excluding hydrogens is 424 g/mol. The van der Waals surface area contributed by atoms with E-state index in [1.807, 2.05) is 20.8 Å². The summed E-state index contributed by atoms with van der Waals surface area (Å²) in [5.41, 5.74) is -0.568. The van der Waals surface area contributed by atoms with Crippen molar-refractivity contribution < 1.29 is 19.4 Å². The number of halogens is 1. The van der Waals surface area contributed by atoms with Gasteiger partial charge in [0, 0.05) is 25.0 Å². The minimum atomic E-state index is -0.889. The number of fused-ring (bicyclic) bond motifs is 2. The Balaban J connectivity index is 0.00000132. The molecule has 31 heavy (non-hydrogen) atoms. The lowest BCUT2D eigenvalue weighted by Gasteiger charge is -2.44. The lowest BCUT2D eigenvalue weighted by Crippen LogP contribution is -2.57. The average molecular weight is 449 g/mol. The van der Waals surface area contributed by atoms with Gasteiger partial charge in [-0.05, 0) is 25.0 Å². The number of hydrogen-bond acceptors (Lipinski definition) is 6. The molecule has 2 aromatic rings. The number of rotatable bonds is 3. The van der Waals surface area contributed by atoms with Crippen LogP contribution in [0, 0.1) is 0 Å².